The van der Waals surface area contributed by atoms with Crippen LogP contribution in [0.15, 0.2) is 48.5 Å². The van der Waals surface area contributed by atoms with Crippen molar-refractivity contribution < 1.29 is 9.53 Å². The molecular weight excluding hydrogens is 322 g/mol. The maximum Gasteiger partial charge on any atom is 0.409 e. The van der Waals surface area contributed by atoms with Gasteiger partial charge in [-0.15, -0.1) is 0 Å². The van der Waals surface area contributed by atoms with Crippen molar-refractivity contribution in [3.63, 3.8) is 0 Å². The van der Waals surface area contributed by atoms with Crippen LogP contribution in [0.3, 0.4) is 0 Å². The van der Waals surface area contributed by atoms with Crippen LogP contribution < -0.4 is 0 Å². The molecule has 2 aromatic rings. The highest BCUT2D eigenvalue weighted by molar-refractivity contribution is 5.79. The van der Waals surface area contributed by atoms with E-state index < -0.39 is 0 Å². The lowest BCUT2D eigenvalue weighted by Gasteiger charge is -2.22. The molecule has 3 heteroatoms. The first kappa shape index (κ1) is 18.5. The fraction of sp³-hybridized carbons (Fsp3) is 0.435. The molecule has 0 saturated carbocycles. The summed E-state index contributed by atoms with van der Waals surface area (Å²) in [5, 5.41) is 0. The Hall–Kier alpha value is -2.29. The number of fused-ring (bicyclic) bond motifs is 3. The molecule has 0 heterocycles. The van der Waals surface area contributed by atoms with Crippen molar-refractivity contribution in [2.24, 2.45) is 0 Å². The summed E-state index contributed by atoms with van der Waals surface area (Å²) in [5.41, 5.74) is 5.03. The van der Waals surface area contributed by atoms with E-state index in [-0.39, 0.29) is 12.0 Å². The second kappa shape index (κ2) is 8.88. The molecule has 1 aliphatic rings. The van der Waals surface area contributed by atoms with Gasteiger partial charge in [-0.25, -0.2) is 4.79 Å². The van der Waals surface area contributed by atoms with Gasteiger partial charge in [-0.3, -0.25) is 0 Å². The first-order valence-corrected chi connectivity index (χ1v) is 9.86. The second-order valence-electron chi connectivity index (χ2n) is 6.94. The summed E-state index contributed by atoms with van der Waals surface area (Å²) >= 11 is 0. The fourth-order valence-electron chi connectivity index (χ4n) is 3.79. The molecule has 0 bridgehead atoms. The highest BCUT2D eigenvalue weighted by Crippen LogP contribution is 2.44. The number of hydrogen-bond donors (Lipinski definition) is 0. The molecule has 26 heavy (non-hydrogen) atoms. The molecule has 0 atom stereocenters. The average molecular weight is 351 g/mol. The van der Waals surface area contributed by atoms with Crippen LogP contribution >= 0.6 is 0 Å². The maximum absolute atomic E-state index is 12.5. The van der Waals surface area contributed by atoms with Crippen molar-refractivity contribution in [1.82, 2.24) is 4.90 Å². The summed E-state index contributed by atoms with van der Waals surface area (Å²) < 4.78 is 5.74. The smallest absolute Gasteiger partial charge is 0.409 e. The zero-order valence-corrected chi connectivity index (χ0v) is 15.9. The normalized spacial score (nSPS) is 12.5. The number of rotatable bonds is 8. The Morgan fingerprint density at radius 1 is 0.923 bits per heavy atom. The predicted molar refractivity (Wildman–Crippen MR) is 106 cm³/mol. The third kappa shape index (κ3) is 3.92. The van der Waals surface area contributed by atoms with Gasteiger partial charge in [0.15, 0.2) is 0 Å². The third-order valence-electron chi connectivity index (χ3n) is 5.26. The number of unbranched alkanes of at least 4 members (excludes halogenated alkanes) is 3. The minimum absolute atomic E-state index is 0.130. The van der Waals surface area contributed by atoms with Gasteiger partial charge in [0, 0.05) is 19.0 Å². The molecule has 0 fully saturated rings. The summed E-state index contributed by atoms with van der Waals surface area (Å²) in [6.07, 6.45) is 4.46. The summed E-state index contributed by atoms with van der Waals surface area (Å²) in [4.78, 5) is 14.3. The zero-order valence-electron chi connectivity index (χ0n) is 15.9. The van der Waals surface area contributed by atoms with Crippen molar-refractivity contribution in [1.29, 1.82) is 0 Å². The van der Waals surface area contributed by atoms with Gasteiger partial charge in [0.1, 0.15) is 6.61 Å². The molecule has 1 aliphatic carbocycles. The van der Waals surface area contributed by atoms with Crippen LogP contribution in [0.2, 0.25) is 0 Å². The van der Waals surface area contributed by atoms with Gasteiger partial charge in [0.25, 0.3) is 0 Å². The van der Waals surface area contributed by atoms with E-state index in [1.54, 1.807) is 0 Å². The zero-order chi connectivity index (χ0) is 18.4. The largest absolute Gasteiger partial charge is 0.448 e. The Bertz CT molecular complexity index is 695. The fourth-order valence-corrected chi connectivity index (χ4v) is 3.79. The van der Waals surface area contributed by atoms with Gasteiger partial charge in [-0.05, 0) is 35.6 Å². The molecule has 138 valence electrons. The quantitative estimate of drug-likeness (QED) is 0.559. The van der Waals surface area contributed by atoms with E-state index in [9.17, 15) is 4.79 Å². The first-order valence-electron chi connectivity index (χ1n) is 9.86. The van der Waals surface area contributed by atoms with E-state index in [0.717, 1.165) is 13.0 Å². The summed E-state index contributed by atoms with van der Waals surface area (Å²) in [6.45, 7) is 6.10. The van der Waals surface area contributed by atoms with Crippen LogP contribution in [0.25, 0.3) is 11.1 Å². The molecule has 0 unspecified atom stereocenters. The number of amides is 1. The van der Waals surface area contributed by atoms with Gasteiger partial charge in [-0.2, -0.15) is 0 Å². The molecule has 0 radical (unpaired) electrons. The highest BCUT2D eigenvalue weighted by Gasteiger charge is 2.29. The first-order chi connectivity index (χ1) is 12.8. The lowest BCUT2D eigenvalue weighted by atomic mass is 9.98. The van der Waals surface area contributed by atoms with Gasteiger partial charge in [-0.1, -0.05) is 74.7 Å². The third-order valence-corrected chi connectivity index (χ3v) is 5.26. The number of nitrogens with zero attached hydrogens (tertiary/aromatic N) is 1. The Morgan fingerprint density at radius 3 is 2.12 bits per heavy atom. The van der Waals surface area contributed by atoms with E-state index in [1.165, 1.54) is 41.5 Å². The molecule has 2 aromatic carbocycles. The van der Waals surface area contributed by atoms with E-state index >= 15 is 0 Å². The van der Waals surface area contributed by atoms with Crippen LogP contribution in [-0.4, -0.2) is 30.7 Å². The van der Waals surface area contributed by atoms with Gasteiger partial charge < -0.3 is 9.64 Å². The average Bonchev–Trinajstić information content (AvgIpc) is 3.00. The summed E-state index contributed by atoms with van der Waals surface area (Å²) in [6, 6.07) is 16.9. The minimum atomic E-state index is -0.189. The lowest BCUT2D eigenvalue weighted by Crippen LogP contribution is -2.33. The SMILES string of the molecule is CCCCCCN(CC)C(=O)OCC1c2ccccc2-c2ccccc21. The van der Waals surface area contributed by atoms with E-state index in [1.807, 2.05) is 11.8 Å². The highest BCUT2D eigenvalue weighted by atomic mass is 16.6. The Kier molecular flexibility index (Phi) is 6.32. The van der Waals surface area contributed by atoms with Crippen molar-refractivity contribution >= 4 is 6.09 Å². The lowest BCUT2D eigenvalue weighted by molar-refractivity contribution is 0.101. The number of carbonyl (C=O) groups excluding carboxylic acids is 1. The molecule has 0 spiro atoms. The maximum atomic E-state index is 12.5. The molecule has 1 amide bonds. The van der Waals surface area contributed by atoms with Gasteiger partial charge in [0.2, 0.25) is 0 Å². The van der Waals surface area contributed by atoms with E-state index in [2.05, 4.69) is 55.5 Å². The van der Waals surface area contributed by atoms with Gasteiger partial charge >= 0.3 is 6.09 Å². The Balaban J connectivity index is 1.64. The molecule has 0 saturated heterocycles. The Labute approximate surface area is 157 Å². The molecular formula is C23H29NO2. The molecule has 3 rings (SSSR count). The number of carbonyl (C=O) groups is 1. The molecule has 3 nitrogen and oxygen atoms in total. The van der Waals surface area contributed by atoms with Crippen molar-refractivity contribution in [3.05, 3.63) is 59.7 Å². The van der Waals surface area contributed by atoms with Crippen LogP contribution in [0.4, 0.5) is 4.79 Å². The predicted octanol–water partition coefficient (Wildman–Crippen LogP) is 5.84. The van der Waals surface area contributed by atoms with Crippen molar-refractivity contribution in [3.8, 4) is 11.1 Å². The topological polar surface area (TPSA) is 29.5 Å². The summed E-state index contributed by atoms with van der Waals surface area (Å²) in [7, 11) is 0. The number of hydrogen-bond acceptors (Lipinski definition) is 2. The second-order valence-corrected chi connectivity index (χ2v) is 6.94. The van der Waals surface area contributed by atoms with Crippen LogP contribution in [0.1, 0.15) is 56.6 Å². The van der Waals surface area contributed by atoms with Crippen LogP contribution in [0, 0.1) is 0 Å². The van der Waals surface area contributed by atoms with Crippen molar-refractivity contribution in [2.75, 3.05) is 19.7 Å². The van der Waals surface area contributed by atoms with Crippen LogP contribution in [-0.2, 0) is 4.74 Å². The van der Waals surface area contributed by atoms with Crippen molar-refractivity contribution in [2.45, 2.75) is 45.4 Å². The standard InChI is InChI=1S/C23H29NO2/c1-3-5-6-11-16-24(4-2)23(25)26-17-22-20-14-9-7-12-18(20)19-13-8-10-15-21(19)22/h7-10,12-15,22H,3-6,11,16-17H2,1-2H3. The monoisotopic (exact) mass is 351 g/mol. The van der Waals surface area contributed by atoms with E-state index in [4.69, 9.17) is 4.74 Å². The molecule has 0 aromatic heterocycles. The van der Waals surface area contributed by atoms with Crippen LogP contribution in [0.5, 0.6) is 0 Å². The summed E-state index contributed by atoms with van der Waals surface area (Å²) in [5.74, 6) is 0.130. The molecule has 0 aliphatic heterocycles. The number of ether oxygens (including phenoxy) is 1. The molecule has 0 N–H and O–H groups in total. The minimum Gasteiger partial charge on any atom is -0.448 e. The Morgan fingerprint density at radius 2 is 1.54 bits per heavy atom. The number of benzene rings is 2. The van der Waals surface area contributed by atoms with E-state index in [0.29, 0.717) is 13.2 Å². The van der Waals surface area contributed by atoms with Gasteiger partial charge in [0.05, 0.1) is 0 Å².